The molecule has 0 aromatic carbocycles. The van der Waals surface area contributed by atoms with Crippen LogP contribution in [0.2, 0.25) is 0 Å². The number of rotatable bonds is 1. The van der Waals surface area contributed by atoms with E-state index in [9.17, 15) is 35.1 Å². The summed E-state index contributed by atoms with van der Waals surface area (Å²) in [5.74, 6) is -5.74. The Morgan fingerprint density at radius 2 is 1.83 bits per heavy atom. The Hall–Kier alpha value is -1.52. The summed E-state index contributed by atoms with van der Waals surface area (Å²) >= 11 is 0. The molecular weight excluding hydrogens is 384 g/mol. The smallest absolute Gasteiger partial charge is 0.341 e. The first kappa shape index (κ1) is 19.4. The fourth-order valence-corrected chi connectivity index (χ4v) is 7.00. The zero-order valence-corrected chi connectivity index (χ0v) is 16.5. The highest BCUT2D eigenvalue weighted by molar-refractivity contribution is 6.01. The number of carbonyl (C=O) groups is 2. The lowest BCUT2D eigenvalue weighted by Gasteiger charge is -2.63. The summed E-state index contributed by atoms with van der Waals surface area (Å²) < 4.78 is 12.1. The molecular formula is C20H26O9. The van der Waals surface area contributed by atoms with Gasteiger partial charge in [-0.05, 0) is 26.7 Å². The molecule has 29 heavy (non-hydrogen) atoms. The van der Waals surface area contributed by atoms with E-state index in [2.05, 4.69) is 0 Å². The third kappa shape index (κ3) is 1.78. The van der Waals surface area contributed by atoms with Crippen molar-refractivity contribution in [3.63, 3.8) is 0 Å². The molecule has 0 aromatic heterocycles. The third-order valence-electron chi connectivity index (χ3n) is 8.29. The Morgan fingerprint density at radius 1 is 1.17 bits per heavy atom. The average molecular weight is 410 g/mol. The molecule has 10 atom stereocenters. The summed E-state index contributed by atoms with van der Waals surface area (Å²) in [5.41, 5.74) is -6.95. The highest BCUT2D eigenvalue weighted by Gasteiger charge is 2.90. The van der Waals surface area contributed by atoms with Gasteiger partial charge in [-0.3, -0.25) is 4.79 Å². The maximum atomic E-state index is 13.5. The fourth-order valence-electron chi connectivity index (χ4n) is 7.00. The van der Waals surface area contributed by atoms with E-state index in [0.29, 0.717) is 0 Å². The molecule has 3 aliphatic carbocycles. The number of ketones is 1. The average Bonchev–Trinajstić information content (AvgIpc) is 2.95. The van der Waals surface area contributed by atoms with Crippen LogP contribution < -0.4 is 0 Å². The predicted molar refractivity (Wildman–Crippen MR) is 94.3 cm³/mol. The number of hydrogen-bond donors (Lipinski definition) is 5. The van der Waals surface area contributed by atoms with Crippen molar-refractivity contribution in [1.82, 2.24) is 0 Å². The third-order valence-corrected chi connectivity index (χ3v) is 8.29. The molecule has 2 spiro atoms. The summed E-state index contributed by atoms with van der Waals surface area (Å²) in [6, 6.07) is 0. The minimum absolute atomic E-state index is 0.0572. The lowest BCUT2D eigenvalue weighted by Crippen LogP contribution is -2.77. The van der Waals surface area contributed by atoms with Crippen LogP contribution >= 0.6 is 0 Å². The zero-order valence-electron chi connectivity index (χ0n) is 16.5. The van der Waals surface area contributed by atoms with Gasteiger partial charge in [0.1, 0.15) is 16.9 Å². The molecule has 4 bridgehead atoms. The zero-order chi connectivity index (χ0) is 21.3. The van der Waals surface area contributed by atoms with Crippen molar-refractivity contribution in [2.24, 2.45) is 23.7 Å². The van der Waals surface area contributed by atoms with Gasteiger partial charge in [0.2, 0.25) is 0 Å². The molecule has 3 aliphatic heterocycles. The lowest BCUT2D eigenvalue weighted by molar-refractivity contribution is -0.348. The lowest BCUT2D eigenvalue weighted by atomic mass is 9.55. The van der Waals surface area contributed by atoms with E-state index in [1.54, 1.807) is 13.8 Å². The summed E-state index contributed by atoms with van der Waals surface area (Å²) in [7, 11) is 0. The molecule has 3 saturated heterocycles. The second-order valence-electron chi connectivity index (χ2n) is 9.83. The van der Waals surface area contributed by atoms with Gasteiger partial charge in [-0.2, -0.15) is 0 Å². The topological polar surface area (TPSA) is 154 Å². The molecule has 2 saturated carbocycles. The number of esters is 1. The van der Waals surface area contributed by atoms with Crippen LogP contribution in [0.4, 0.5) is 0 Å². The van der Waals surface area contributed by atoms with E-state index in [-0.39, 0.29) is 30.8 Å². The van der Waals surface area contributed by atoms with Crippen LogP contribution in [0.3, 0.4) is 0 Å². The maximum absolute atomic E-state index is 13.5. The van der Waals surface area contributed by atoms with Crippen LogP contribution in [-0.4, -0.2) is 78.5 Å². The number of aliphatic hydroxyl groups is 5. The van der Waals surface area contributed by atoms with Gasteiger partial charge in [-0.1, -0.05) is 6.92 Å². The number of aliphatic hydroxyl groups excluding tert-OH is 4. The Bertz CT molecular complexity index is 864. The van der Waals surface area contributed by atoms with Gasteiger partial charge in [-0.15, -0.1) is 0 Å². The number of allylic oxidation sites excluding steroid dienone is 1. The fraction of sp³-hybridized carbons (Fsp3) is 0.800. The first-order valence-electron chi connectivity index (χ1n) is 10.00. The van der Waals surface area contributed by atoms with E-state index in [1.807, 2.05) is 0 Å². The summed E-state index contributed by atoms with van der Waals surface area (Å²) in [5, 5.41) is 54.1. The standard InChI is InChI=1S/C20H26O9/c1-7-4-17(2,27)14(24)10-13(23)9-15(25)18(3)8(6-21)5-19(9)20(10,29-18)11(12(7)22)16(26)28-19/h7-10,13,15,21-23,25,27H,4-6H2,1-3H3/t7-,8+,9-,10-,13-,15-,17-,18-,19-,20+/m0/s1. The van der Waals surface area contributed by atoms with E-state index in [4.69, 9.17) is 9.47 Å². The van der Waals surface area contributed by atoms with Crippen LogP contribution in [0.15, 0.2) is 11.3 Å². The molecule has 0 unspecified atom stereocenters. The van der Waals surface area contributed by atoms with Gasteiger partial charge in [0.25, 0.3) is 0 Å². The van der Waals surface area contributed by atoms with Gasteiger partial charge in [0, 0.05) is 18.4 Å². The number of hydrogen-bond acceptors (Lipinski definition) is 9. The van der Waals surface area contributed by atoms with Crippen LogP contribution in [0.1, 0.15) is 33.6 Å². The molecule has 0 radical (unpaired) electrons. The SMILES string of the molecule is C[C@H]1C[C@](C)(O)C(=O)[C@@H]2[C@@H](O)[C@H]3[C@H](O)[C@@]4(C)O[C@@]25C(=C1O)C(=O)O[C@@]35C[C@@H]4CO. The van der Waals surface area contributed by atoms with Crippen LogP contribution in [-0.2, 0) is 19.1 Å². The van der Waals surface area contributed by atoms with Gasteiger partial charge < -0.3 is 35.0 Å². The van der Waals surface area contributed by atoms with Crippen molar-refractivity contribution < 1.29 is 44.6 Å². The first-order valence-corrected chi connectivity index (χ1v) is 10.00. The van der Waals surface area contributed by atoms with Crippen molar-refractivity contribution >= 4 is 11.8 Å². The number of carbonyl (C=O) groups excluding carboxylic acids is 2. The van der Waals surface area contributed by atoms with Crippen molar-refractivity contribution in [3.05, 3.63) is 11.3 Å². The molecule has 0 aromatic rings. The second-order valence-corrected chi connectivity index (χ2v) is 9.83. The summed E-state index contributed by atoms with van der Waals surface area (Å²) in [4.78, 5) is 26.5. The van der Waals surface area contributed by atoms with Crippen molar-refractivity contribution in [3.8, 4) is 0 Å². The van der Waals surface area contributed by atoms with Crippen LogP contribution in [0.25, 0.3) is 0 Å². The van der Waals surface area contributed by atoms with Crippen LogP contribution in [0, 0.1) is 23.7 Å². The number of ether oxygens (including phenoxy) is 2. The monoisotopic (exact) mass is 410 g/mol. The molecule has 5 fully saturated rings. The summed E-state index contributed by atoms with van der Waals surface area (Å²) in [6.07, 6.45) is -2.88. The van der Waals surface area contributed by atoms with Crippen molar-refractivity contribution in [2.45, 2.75) is 68.2 Å². The molecule has 5 N–H and O–H groups in total. The first-order chi connectivity index (χ1) is 13.4. The van der Waals surface area contributed by atoms with Gasteiger partial charge in [-0.25, -0.2) is 4.79 Å². The largest absolute Gasteiger partial charge is 0.511 e. The minimum Gasteiger partial charge on any atom is -0.511 e. The Labute approximate surface area is 166 Å². The number of Topliss-reactive ketones (excluding diaryl/α,β-unsaturated/α-hetero) is 1. The molecule has 160 valence electrons. The molecule has 6 aliphatic rings. The summed E-state index contributed by atoms with van der Waals surface area (Å²) in [6.45, 7) is 4.10. The van der Waals surface area contributed by atoms with Crippen molar-refractivity contribution in [1.29, 1.82) is 0 Å². The van der Waals surface area contributed by atoms with Gasteiger partial charge >= 0.3 is 5.97 Å². The van der Waals surface area contributed by atoms with E-state index in [0.717, 1.165) is 0 Å². The van der Waals surface area contributed by atoms with Gasteiger partial charge in [0.15, 0.2) is 17.0 Å². The van der Waals surface area contributed by atoms with Gasteiger partial charge in [0.05, 0.1) is 29.6 Å². The Balaban J connectivity index is 1.87. The van der Waals surface area contributed by atoms with E-state index >= 15 is 0 Å². The van der Waals surface area contributed by atoms with Crippen molar-refractivity contribution in [2.75, 3.05) is 6.61 Å². The molecule has 9 heteroatoms. The Kier molecular flexibility index (Phi) is 3.49. The maximum Gasteiger partial charge on any atom is 0.341 e. The molecule has 9 nitrogen and oxygen atoms in total. The Morgan fingerprint density at radius 3 is 2.45 bits per heavy atom. The minimum atomic E-state index is -1.89. The predicted octanol–water partition coefficient (Wildman–Crippen LogP) is -1.04. The highest BCUT2D eigenvalue weighted by Crippen LogP contribution is 2.73. The van der Waals surface area contributed by atoms with E-state index in [1.165, 1.54) is 6.92 Å². The van der Waals surface area contributed by atoms with E-state index < -0.39 is 70.0 Å². The van der Waals surface area contributed by atoms with Crippen LogP contribution in [0.5, 0.6) is 0 Å². The highest BCUT2D eigenvalue weighted by atomic mass is 16.6. The normalized spacial score (nSPS) is 58.2. The molecule has 0 amide bonds. The number of fused-ring (bicyclic) bond motifs is 1. The molecule has 3 heterocycles. The molecule has 6 rings (SSSR count). The quantitative estimate of drug-likeness (QED) is 0.341. The second kappa shape index (κ2) is 5.20.